The van der Waals surface area contributed by atoms with Crippen LogP contribution in [0.1, 0.15) is 36.5 Å². The summed E-state index contributed by atoms with van der Waals surface area (Å²) in [6, 6.07) is 5.12. The molecule has 0 radical (unpaired) electrons. The van der Waals surface area contributed by atoms with Gasteiger partial charge in [-0.15, -0.1) is 0 Å². The smallest absolute Gasteiger partial charge is 0.257 e. The summed E-state index contributed by atoms with van der Waals surface area (Å²) in [5.74, 6) is -0.107. The number of hydrogen-bond acceptors (Lipinski definition) is 2. The van der Waals surface area contributed by atoms with Gasteiger partial charge in [0, 0.05) is 19.3 Å². The predicted octanol–water partition coefficient (Wildman–Crippen LogP) is 3.18. The van der Waals surface area contributed by atoms with Crippen molar-refractivity contribution in [3.05, 3.63) is 28.8 Å². The number of amides is 1. The van der Waals surface area contributed by atoms with Crippen LogP contribution in [0.3, 0.4) is 0 Å². The van der Waals surface area contributed by atoms with Crippen molar-refractivity contribution in [2.45, 2.75) is 26.2 Å². The van der Waals surface area contributed by atoms with Crippen LogP contribution in [-0.4, -0.2) is 24.4 Å². The van der Waals surface area contributed by atoms with Crippen LogP contribution in [0, 0.1) is 0 Å². The molecule has 0 heterocycles. The fourth-order valence-electron chi connectivity index (χ4n) is 1.66. The number of carbonyl (C=O) groups excluding carboxylic acids is 1. The highest BCUT2D eigenvalue weighted by molar-refractivity contribution is 6.34. The Morgan fingerprint density at radius 3 is 2.71 bits per heavy atom. The summed E-state index contributed by atoms with van der Waals surface area (Å²) in [7, 11) is 1.78. The van der Waals surface area contributed by atoms with Crippen molar-refractivity contribution in [2.75, 3.05) is 19.3 Å². The van der Waals surface area contributed by atoms with Gasteiger partial charge >= 0.3 is 0 Å². The number of rotatable bonds is 5. The van der Waals surface area contributed by atoms with E-state index in [1.54, 1.807) is 30.1 Å². The molecule has 0 atom stereocenters. The Balaban J connectivity index is 2.75. The zero-order chi connectivity index (χ0) is 12.8. The van der Waals surface area contributed by atoms with Crippen LogP contribution in [0.4, 0.5) is 5.69 Å². The Hall–Kier alpha value is -1.22. The lowest BCUT2D eigenvalue weighted by Crippen LogP contribution is -2.28. The average Bonchev–Trinajstić information content (AvgIpc) is 2.28. The normalized spacial score (nSPS) is 10.3. The molecule has 1 aromatic rings. The number of unbranched alkanes of at least 4 members (excludes halogenated alkanes) is 2. The van der Waals surface area contributed by atoms with Gasteiger partial charge in [-0.05, 0) is 18.6 Å². The number of anilines is 1. The minimum atomic E-state index is -0.107. The van der Waals surface area contributed by atoms with Crippen LogP contribution in [0.5, 0.6) is 0 Å². The van der Waals surface area contributed by atoms with Crippen LogP contribution in [0.25, 0.3) is 0 Å². The fourth-order valence-corrected chi connectivity index (χ4v) is 1.92. The standard InChI is InChI=1S/C13H19ClN2O/c1-3-4-5-9-16(2)13(17)12-10(14)7-6-8-11(12)15/h6-8H,3-5,9,15H2,1-2H3. The molecule has 4 heteroatoms. The van der Waals surface area contributed by atoms with E-state index in [0.29, 0.717) is 16.3 Å². The summed E-state index contributed by atoms with van der Waals surface area (Å²) in [6.07, 6.45) is 3.26. The SMILES string of the molecule is CCCCCN(C)C(=O)c1c(N)cccc1Cl. The number of nitrogen functional groups attached to an aromatic ring is 1. The van der Waals surface area contributed by atoms with E-state index in [-0.39, 0.29) is 5.91 Å². The first-order valence-electron chi connectivity index (χ1n) is 5.87. The largest absolute Gasteiger partial charge is 0.398 e. The van der Waals surface area contributed by atoms with E-state index in [4.69, 9.17) is 17.3 Å². The van der Waals surface area contributed by atoms with Crippen molar-refractivity contribution in [1.29, 1.82) is 0 Å². The van der Waals surface area contributed by atoms with Crippen LogP contribution in [0.15, 0.2) is 18.2 Å². The molecule has 1 aromatic carbocycles. The van der Waals surface area contributed by atoms with Crippen molar-refractivity contribution in [3.63, 3.8) is 0 Å². The number of nitrogens with zero attached hydrogens (tertiary/aromatic N) is 1. The Labute approximate surface area is 108 Å². The number of benzene rings is 1. The van der Waals surface area contributed by atoms with Gasteiger partial charge in [-0.2, -0.15) is 0 Å². The topological polar surface area (TPSA) is 46.3 Å². The lowest BCUT2D eigenvalue weighted by atomic mass is 10.1. The first kappa shape index (κ1) is 13.8. The molecule has 3 nitrogen and oxygen atoms in total. The van der Waals surface area contributed by atoms with E-state index in [0.717, 1.165) is 25.8 Å². The molecule has 0 bridgehead atoms. The molecule has 0 spiro atoms. The summed E-state index contributed by atoms with van der Waals surface area (Å²) in [5, 5.41) is 0.414. The van der Waals surface area contributed by atoms with Crippen molar-refractivity contribution >= 4 is 23.2 Å². The minimum Gasteiger partial charge on any atom is -0.398 e. The molecule has 0 fully saturated rings. The van der Waals surface area contributed by atoms with E-state index in [1.807, 2.05) is 0 Å². The molecule has 0 aliphatic carbocycles. The molecular formula is C13H19ClN2O. The third-order valence-corrected chi connectivity index (χ3v) is 3.02. The molecule has 2 N–H and O–H groups in total. The summed E-state index contributed by atoms with van der Waals surface area (Å²) in [6.45, 7) is 2.87. The third-order valence-electron chi connectivity index (χ3n) is 2.70. The van der Waals surface area contributed by atoms with Gasteiger partial charge in [0.05, 0.1) is 10.6 Å². The maximum Gasteiger partial charge on any atom is 0.257 e. The summed E-state index contributed by atoms with van der Waals surface area (Å²) < 4.78 is 0. The summed E-state index contributed by atoms with van der Waals surface area (Å²) in [5.41, 5.74) is 6.63. The van der Waals surface area contributed by atoms with Gasteiger partial charge in [0.15, 0.2) is 0 Å². The molecule has 1 amide bonds. The second kappa shape index (κ2) is 6.50. The van der Waals surface area contributed by atoms with Crippen LogP contribution in [0.2, 0.25) is 5.02 Å². The van der Waals surface area contributed by atoms with Gasteiger partial charge < -0.3 is 10.6 Å². The summed E-state index contributed by atoms with van der Waals surface area (Å²) >= 11 is 6.00. The first-order valence-corrected chi connectivity index (χ1v) is 6.25. The van der Waals surface area contributed by atoms with Crippen molar-refractivity contribution < 1.29 is 4.79 Å². The van der Waals surface area contributed by atoms with Gasteiger partial charge in [0.25, 0.3) is 5.91 Å². The molecule has 0 aliphatic rings. The van der Waals surface area contributed by atoms with Crippen molar-refractivity contribution in [1.82, 2.24) is 4.90 Å². The zero-order valence-electron chi connectivity index (χ0n) is 10.4. The number of hydrogen-bond donors (Lipinski definition) is 1. The molecule has 17 heavy (non-hydrogen) atoms. The highest BCUT2D eigenvalue weighted by Crippen LogP contribution is 2.23. The highest BCUT2D eigenvalue weighted by atomic mass is 35.5. The van der Waals surface area contributed by atoms with Crippen LogP contribution in [-0.2, 0) is 0 Å². The van der Waals surface area contributed by atoms with E-state index in [9.17, 15) is 4.79 Å². The molecule has 0 saturated carbocycles. The Kier molecular flexibility index (Phi) is 5.29. The predicted molar refractivity (Wildman–Crippen MR) is 72.3 cm³/mol. The number of halogens is 1. The molecule has 0 aliphatic heterocycles. The van der Waals surface area contributed by atoms with E-state index in [1.165, 1.54) is 0 Å². The van der Waals surface area contributed by atoms with Crippen LogP contribution < -0.4 is 5.73 Å². The van der Waals surface area contributed by atoms with Crippen LogP contribution >= 0.6 is 11.6 Å². The maximum absolute atomic E-state index is 12.1. The summed E-state index contributed by atoms with van der Waals surface area (Å²) in [4.78, 5) is 13.8. The Morgan fingerprint density at radius 2 is 2.12 bits per heavy atom. The number of nitrogens with two attached hydrogens (primary N) is 1. The maximum atomic E-state index is 12.1. The Morgan fingerprint density at radius 1 is 1.41 bits per heavy atom. The van der Waals surface area contributed by atoms with E-state index >= 15 is 0 Å². The van der Waals surface area contributed by atoms with Gasteiger partial charge in [0.1, 0.15) is 0 Å². The van der Waals surface area contributed by atoms with Gasteiger partial charge in [-0.25, -0.2) is 0 Å². The zero-order valence-corrected chi connectivity index (χ0v) is 11.1. The van der Waals surface area contributed by atoms with Gasteiger partial charge in [-0.1, -0.05) is 37.4 Å². The van der Waals surface area contributed by atoms with Crippen molar-refractivity contribution in [2.24, 2.45) is 0 Å². The monoisotopic (exact) mass is 254 g/mol. The average molecular weight is 255 g/mol. The Bertz CT molecular complexity index is 373. The lowest BCUT2D eigenvalue weighted by Gasteiger charge is -2.18. The molecule has 0 saturated heterocycles. The second-order valence-corrected chi connectivity index (χ2v) is 4.55. The molecule has 1 rings (SSSR count). The molecule has 94 valence electrons. The van der Waals surface area contributed by atoms with Gasteiger partial charge in [0.2, 0.25) is 0 Å². The molecule has 0 unspecified atom stereocenters. The molecular weight excluding hydrogens is 236 g/mol. The van der Waals surface area contributed by atoms with E-state index in [2.05, 4.69) is 6.92 Å². The minimum absolute atomic E-state index is 0.107. The first-order chi connectivity index (χ1) is 8.07. The second-order valence-electron chi connectivity index (χ2n) is 4.14. The molecule has 0 aromatic heterocycles. The van der Waals surface area contributed by atoms with Crippen molar-refractivity contribution in [3.8, 4) is 0 Å². The third kappa shape index (κ3) is 3.63. The van der Waals surface area contributed by atoms with Gasteiger partial charge in [-0.3, -0.25) is 4.79 Å². The van der Waals surface area contributed by atoms with E-state index < -0.39 is 0 Å². The highest BCUT2D eigenvalue weighted by Gasteiger charge is 2.17. The lowest BCUT2D eigenvalue weighted by molar-refractivity contribution is 0.0794. The quantitative estimate of drug-likeness (QED) is 0.648. The fraction of sp³-hybridized carbons (Fsp3) is 0.462. The number of carbonyl (C=O) groups is 1.